The van der Waals surface area contributed by atoms with Gasteiger partial charge in [-0.05, 0) is 23.1 Å². The molecule has 0 amide bonds. The molecule has 2 radical (unpaired) electrons. The average molecular weight is 367 g/mol. The van der Waals surface area contributed by atoms with Crippen molar-refractivity contribution in [3.05, 3.63) is 108 Å². The van der Waals surface area contributed by atoms with Crippen LogP contribution in [0.2, 0.25) is 0 Å². The molecule has 0 aliphatic carbocycles. The Kier molecular flexibility index (Phi) is 5.65. The molecule has 0 saturated carbocycles. The molecule has 0 N–H and O–H groups in total. The second-order valence-electron chi connectivity index (χ2n) is 7.42. The van der Waals surface area contributed by atoms with Crippen LogP contribution in [0.25, 0.3) is 0 Å². The molecule has 3 aromatic rings. The fraction of sp³-hybridized carbons (Fsp3) is 0.280. The zero-order chi connectivity index (χ0) is 19.4. The summed E-state index contributed by atoms with van der Waals surface area (Å²) in [5.41, 5.74) is 3.32. The zero-order valence-corrected chi connectivity index (χ0v) is 16.4. The zero-order valence-electron chi connectivity index (χ0n) is 16.4. The first kappa shape index (κ1) is 19.0. The molecule has 2 unspecified atom stereocenters. The van der Waals surface area contributed by atoms with Gasteiger partial charge in [0.2, 0.25) is 0 Å². The van der Waals surface area contributed by atoms with Crippen LogP contribution in [0.5, 0.6) is 0 Å². The predicted octanol–water partition coefficient (Wildman–Crippen LogP) is 4.58. The predicted molar refractivity (Wildman–Crippen MR) is 115 cm³/mol. The minimum absolute atomic E-state index is 0.124. The number of hydrogen-bond donors (Lipinski definition) is 0. The van der Waals surface area contributed by atoms with E-state index in [9.17, 15) is 0 Å². The van der Waals surface area contributed by atoms with Gasteiger partial charge in [-0.3, -0.25) is 4.90 Å². The van der Waals surface area contributed by atoms with Gasteiger partial charge in [-0.25, -0.2) is 0 Å². The summed E-state index contributed by atoms with van der Waals surface area (Å²) in [5, 5.41) is 0. The summed E-state index contributed by atoms with van der Waals surface area (Å²) in [5.74, 6) is 0. The second kappa shape index (κ2) is 8.34. The van der Waals surface area contributed by atoms with Crippen LogP contribution < -0.4 is 0 Å². The van der Waals surface area contributed by atoms with E-state index in [1.807, 2.05) is 0 Å². The number of rotatable bonds is 5. The van der Waals surface area contributed by atoms with Crippen LogP contribution in [-0.2, 0) is 10.3 Å². The van der Waals surface area contributed by atoms with E-state index in [0.717, 1.165) is 13.0 Å². The maximum atomic E-state index is 6.36. The van der Waals surface area contributed by atoms with Gasteiger partial charge in [0, 0.05) is 19.1 Å². The Morgan fingerprint density at radius 2 is 1.21 bits per heavy atom. The van der Waals surface area contributed by atoms with Gasteiger partial charge >= 0.3 is 0 Å². The monoisotopic (exact) mass is 367 g/mol. The van der Waals surface area contributed by atoms with Crippen LogP contribution in [-0.4, -0.2) is 37.9 Å². The highest BCUT2D eigenvalue weighted by atomic mass is 16.5. The van der Waals surface area contributed by atoms with E-state index in [-0.39, 0.29) is 12.1 Å². The Morgan fingerprint density at radius 3 is 1.61 bits per heavy atom. The lowest BCUT2D eigenvalue weighted by molar-refractivity contribution is -0.0735. The van der Waals surface area contributed by atoms with Gasteiger partial charge < -0.3 is 4.74 Å². The Bertz CT molecular complexity index is 772. The molecular formula is C25H26BNO. The smallest absolute Gasteiger partial charge is 0.110 e. The molecule has 2 atom stereocenters. The van der Waals surface area contributed by atoms with Crippen molar-refractivity contribution in [1.29, 1.82) is 0 Å². The quantitative estimate of drug-likeness (QED) is 0.483. The molecule has 3 aromatic carbocycles. The molecule has 0 spiro atoms. The third-order valence-electron chi connectivity index (χ3n) is 5.70. The summed E-state index contributed by atoms with van der Waals surface area (Å²) in [6, 6.07) is 32.0. The fourth-order valence-corrected chi connectivity index (χ4v) is 4.46. The molecule has 0 aromatic heterocycles. The lowest BCUT2D eigenvalue weighted by Gasteiger charge is -2.50. The molecule has 1 heterocycles. The van der Waals surface area contributed by atoms with Crippen molar-refractivity contribution >= 4 is 7.85 Å². The van der Waals surface area contributed by atoms with E-state index in [1.165, 1.54) is 16.7 Å². The average Bonchev–Trinajstić information content (AvgIpc) is 2.76. The molecule has 1 aliphatic heterocycles. The molecule has 1 aliphatic rings. The van der Waals surface area contributed by atoms with E-state index >= 15 is 0 Å². The molecule has 4 rings (SSSR count). The third-order valence-corrected chi connectivity index (χ3v) is 5.70. The molecule has 2 nitrogen and oxygen atoms in total. The molecule has 28 heavy (non-hydrogen) atoms. The summed E-state index contributed by atoms with van der Waals surface area (Å²) < 4.78 is 6.00. The Labute approximate surface area is 169 Å². The fourth-order valence-electron chi connectivity index (χ4n) is 4.46. The SMILES string of the molecule is [B]C1CN(C(c2ccccc2)(c2ccccc2)c2ccccc2)CC(CC)O1. The van der Waals surface area contributed by atoms with Crippen LogP contribution in [0.4, 0.5) is 0 Å². The van der Waals surface area contributed by atoms with E-state index in [0.29, 0.717) is 6.54 Å². The van der Waals surface area contributed by atoms with Crippen molar-refractivity contribution in [2.24, 2.45) is 0 Å². The van der Waals surface area contributed by atoms with Gasteiger partial charge in [0.25, 0.3) is 0 Å². The summed E-state index contributed by atoms with van der Waals surface area (Å²) in [6.45, 7) is 3.67. The highest BCUT2D eigenvalue weighted by molar-refractivity contribution is 6.11. The van der Waals surface area contributed by atoms with Crippen molar-refractivity contribution < 1.29 is 4.74 Å². The van der Waals surface area contributed by atoms with Crippen LogP contribution in [0.15, 0.2) is 91.0 Å². The maximum Gasteiger partial charge on any atom is 0.110 e. The summed E-state index contributed by atoms with van der Waals surface area (Å²) in [7, 11) is 6.36. The van der Waals surface area contributed by atoms with Crippen molar-refractivity contribution in [2.45, 2.75) is 31.0 Å². The van der Waals surface area contributed by atoms with E-state index < -0.39 is 5.54 Å². The van der Waals surface area contributed by atoms with Gasteiger partial charge in [0.15, 0.2) is 0 Å². The van der Waals surface area contributed by atoms with Gasteiger partial charge in [-0.15, -0.1) is 0 Å². The van der Waals surface area contributed by atoms with Gasteiger partial charge in [-0.1, -0.05) is 97.9 Å². The maximum absolute atomic E-state index is 6.36. The first-order chi connectivity index (χ1) is 13.7. The Balaban J connectivity index is 1.99. The number of nitrogens with zero attached hydrogens (tertiary/aromatic N) is 1. The van der Waals surface area contributed by atoms with Gasteiger partial charge in [0.05, 0.1) is 11.6 Å². The van der Waals surface area contributed by atoms with Crippen LogP contribution in [0.1, 0.15) is 30.0 Å². The number of morpholine rings is 1. The highest BCUT2D eigenvalue weighted by Gasteiger charge is 2.44. The minimum atomic E-state index is -0.418. The summed E-state index contributed by atoms with van der Waals surface area (Å²) in [4.78, 5) is 2.51. The third kappa shape index (κ3) is 3.41. The lowest BCUT2D eigenvalue weighted by atomic mass is 9.74. The van der Waals surface area contributed by atoms with Crippen molar-refractivity contribution in [1.82, 2.24) is 4.90 Å². The number of ether oxygens (including phenoxy) is 1. The topological polar surface area (TPSA) is 12.5 Å². The van der Waals surface area contributed by atoms with Crippen LogP contribution in [0, 0.1) is 0 Å². The highest BCUT2D eigenvalue weighted by Crippen LogP contribution is 2.43. The van der Waals surface area contributed by atoms with Crippen LogP contribution >= 0.6 is 0 Å². The summed E-state index contributed by atoms with van der Waals surface area (Å²) in [6.07, 6.45) is 1.07. The van der Waals surface area contributed by atoms with Crippen molar-refractivity contribution in [3.8, 4) is 0 Å². The van der Waals surface area contributed by atoms with Crippen LogP contribution in [0.3, 0.4) is 0 Å². The number of hydrogen-bond acceptors (Lipinski definition) is 2. The van der Waals surface area contributed by atoms with E-state index in [4.69, 9.17) is 12.6 Å². The first-order valence-corrected chi connectivity index (χ1v) is 10.1. The summed E-state index contributed by atoms with van der Waals surface area (Å²) >= 11 is 0. The number of benzene rings is 3. The normalized spacial score (nSPS) is 20.8. The Hall–Kier alpha value is -2.36. The Morgan fingerprint density at radius 1 is 0.786 bits per heavy atom. The van der Waals surface area contributed by atoms with Crippen molar-refractivity contribution in [3.63, 3.8) is 0 Å². The molecular weight excluding hydrogens is 341 g/mol. The first-order valence-electron chi connectivity index (χ1n) is 10.1. The molecule has 1 fully saturated rings. The van der Waals surface area contributed by atoms with Gasteiger partial charge in [0.1, 0.15) is 7.85 Å². The molecule has 140 valence electrons. The van der Waals surface area contributed by atoms with Gasteiger partial charge in [-0.2, -0.15) is 0 Å². The van der Waals surface area contributed by atoms with Crippen molar-refractivity contribution in [2.75, 3.05) is 13.1 Å². The van der Waals surface area contributed by atoms with E-state index in [1.54, 1.807) is 0 Å². The molecule has 0 bridgehead atoms. The minimum Gasteiger partial charge on any atom is -0.382 e. The molecule has 1 saturated heterocycles. The van der Waals surface area contributed by atoms with E-state index in [2.05, 4.69) is 103 Å². The largest absolute Gasteiger partial charge is 0.382 e. The standard InChI is InChI=1S/C25H26BNO/c1-2-23-18-27(19-24(26)28-23)25(20-12-6-3-7-13-20,21-14-8-4-9-15-21)22-16-10-5-11-17-22/h3-17,23-24H,2,18-19H2,1H3. The lowest BCUT2D eigenvalue weighted by Crippen LogP contribution is -2.57. The second-order valence-corrected chi connectivity index (χ2v) is 7.42. The molecule has 3 heteroatoms.